The van der Waals surface area contributed by atoms with Crippen molar-refractivity contribution in [2.24, 2.45) is 5.10 Å². The predicted molar refractivity (Wildman–Crippen MR) is 94.6 cm³/mol. The summed E-state index contributed by atoms with van der Waals surface area (Å²) in [5.74, 6) is -1.02. The van der Waals surface area contributed by atoms with Crippen molar-refractivity contribution in [2.45, 2.75) is 0 Å². The molecule has 2 amide bonds. The van der Waals surface area contributed by atoms with Gasteiger partial charge < -0.3 is 0 Å². The number of nitrogens with zero attached hydrogens (tertiary/aromatic N) is 1. The molecule has 2 aromatic rings. The average molecular weight is 388 g/mol. The zero-order valence-electron chi connectivity index (χ0n) is 12.4. The van der Waals surface area contributed by atoms with Gasteiger partial charge in [0.2, 0.25) is 0 Å². The highest BCUT2D eigenvalue weighted by Gasteiger charge is 2.04. The number of carbonyl (C=O) groups excluding carboxylic acids is 2. The van der Waals surface area contributed by atoms with E-state index < -0.39 is 5.91 Å². The van der Waals surface area contributed by atoms with Gasteiger partial charge in [-0.3, -0.25) is 14.8 Å². The lowest BCUT2D eigenvalue weighted by atomic mass is 10.1. The summed E-state index contributed by atoms with van der Waals surface area (Å²) in [6.07, 6.45) is 4.17. The van der Waals surface area contributed by atoms with Crippen molar-refractivity contribution in [3.63, 3.8) is 0 Å². The van der Waals surface area contributed by atoms with Crippen LogP contribution >= 0.6 is 15.9 Å². The monoisotopic (exact) mass is 387 g/mol. The normalized spacial score (nSPS) is 10.9. The predicted octanol–water partition coefficient (Wildman–Crippen LogP) is 2.73. The minimum atomic E-state index is -0.650. The smallest absolute Gasteiger partial charge is 0.271 e. The molecule has 0 saturated carbocycles. The Balaban J connectivity index is 2.02. The van der Waals surface area contributed by atoms with Gasteiger partial charge in [-0.25, -0.2) is 10.9 Å². The van der Waals surface area contributed by atoms with Crippen LogP contribution in [0.25, 0.3) is 6.08 Å². The molecule has 0 fully saturated rings. The molecule has 0 atom stereocenters. The second-order valence-electron chi connectivity index (χ2n) is 4.69. The number of rotatable bonds is 5. The number of hydroxylamine groups is 1. The molecule has 0 saturated heterocycles. The summed E-state index contributed by atoms with van der Waals surface area (Å²) in [5.41, 5.74) is 5.82. The lowest BCUT2D eigenvalue weighted by Gasteiger charge is -2.01. The minimum absolute atomic E-state index is 0.372. The van der Waals surface area contributed by atoms with E-state index in [0.29, 0.717) is 11.1 Å². The van der Waals surface area contributed by atoms with Gasteiger partial charge >= 0.3 is 0 Å². The summed E-state index contributed by atoms with van der Waals surface area (Å²) in [5, 5.41) is 12.3. The maximum Gasteiger partial charge on any atom is 0.271 e. The highest BCUT2D eigenvalue weighted by Crippen LogP contribution is 2.10. The average Bonchev–Trinajstić information content (AvgIpc) is 2.60. The Morgan fingerprint density at radius 2 is 1.83 bits per heavy atom. The molecule has 24 heavy (non-hydrogen) atoms. The summed E-state index contributed by atoms with van der Waals surface area (Å²) >= 11 is 3.36. The lowest BCUT2D eigenvalue weighted by molar-refractivity contribution is -0.124. The first kappa shape index (κ1) is 17.6. The maximum absolute atomic E-state index is 12.1. The number of hydrogen-bond donors (Lipinski definition) is 3. The Morgan fingerprint density at radius 1 is 1.08 bits per heavy atom. The van der Waals surface area contributed by atoms with E-state index in [2.05, 4.69) is 26.5 Å². The van der Waals surface area contributed by atoms with Crippen LogP contribution in [-0.2, 0) is 4.79 Å². The molecular weight excluding hydrogens is 374 g/mol. The van der Waals surface area contributed by atoms with Gasteiger partial charge in [0.05, 0.1) is 6.21 Å². The molecule has 0 unspecified atom stereocenters. The molecule has 7 heteroatoms. The van der Waals surface area contributed by atoms with Gasteiger partial charge in [0, 0.05) is 16.1 Å². The van der Waals surface area contributed by atoms with E-state index in [1.54, 1.807) is 24.3 Å². The van der Waals surface area contributed by atoms with Crippen LogP contribution in [0.4, 0.5) is 0 Å². The van der Waals surface area contributed by atoms with Gasteiger partial charge in [-0.2, -0.15) is 5.10 Å². The molecule has 6 nitrogen and oxygen atoms in total. The number of carbonyl (C=O) groups is 2. The minimum Gasteiger partial charge on any atom is -0.288 e. The first-order valence-electron chi connectivity index (χ1n) is 6.89. The molecule has 122 valence electrons. The van der Waals surface area contributed by atoms with Crippen LogP contribution in [0.2, 0.25) is 0 Å². The fraction of sp³-hybridized carbons (Fsp3) is 0. The number of hydrazone groups is 1. The standard InChI is InChI=1S/C17H14BrN3O3/c18-15-6-2-4-13(10-15)11-19-20-17(23)14-5-1-3-12(9-14)7-8-16(22)21-24/h1-11,24H,(H,20,23)(H,21,22). The Kier molecular flexibility index (Phi) is 6.41. The van der Waals surface area contributed by atoms with Crippen molar-refractivity contribution >= 4 is 40.0 Å². The molecule has 2 rings (SSSR count). The van der Waals surface area contributed by atoms with Crippen molar-refractivity contribution in [2.75, 3.05) is 0 Å². The molecule has 0 aliphatic rings. The van der Waals surface area contributed by atoms with Crippen LogP contribution < -0.4 is 10.9 Å². The van der Waals surface area contributed by atoms with Crippen molar-refractivity contribution < 1.29 is 14.8 Å². The molecule has 0 aromatic heterocycles. The molecule has 2 aromatic carbocycles. The summed E-state index contributed by atoms with van der Waals surface area (Å²) in [7, 11) is 0. The Hall–Kier alpha value is -2.77. The Morgan fingerprint density at radius 3 is 2.58 bits per heavy atom. The topological polar surface area (TPSA) is 90.8 Å². The fourth-order valence-corrected chi connectivity index (χ4v) is 2.23. The molecule has 0 bridgehead atoms. The highest BCUT2D eigenvalue weighted by molar-refractivity contribution is 9.10. The van der Waals surface area contributed by atoms with Gasteiger partial charge in [-0.05, 0) is 41.5 Å². The van der Waals surface area contributed by atoms with E-state index >= 15 is 0 Å². The molecule has 3 N–H and O–H groups in total. The largest absolute Gasteiger partial charge is 0.288 e. The number of amides is 2. The van der Waals surface area contributed by atoms with E-state index in [9.17, 15) is 9.59 Å². The van der Waals surface area contributed by atoms with E-state index in [4.69, 9.17) is 5.21 Å². The van der Waals surface area contributed by atoms with Crippen LogP contribution in [0.3, 0.4) is 0 Å². The van der Waals surface area contributed by atoms with Crippen molar-refractivity contribution in [3.8, 4) is 0 Å². The number of hydrogen-bond acceptors (Lipinski definition) is 4. The van der Waals surface area contributed by atoms with Crippen LogP contribution in [0.5, 0.6) is 0 Å². The van der Waals surface area contributed by atoms with Crippen LogP contribution in [-0.4, -0.2) is 23.2 Å². The highest BCUT2D eigenvalue weighted by atomic mass is 79.9. The first-order valence-corrected chi connectivity index (χ1v) is 7.69. The Bertz CT molecular complexity index is 803. The van der Waals surface area contributed by atoms with E-state index in [1.807, 2.05) is 24.3 Å². The van der Waals surface area contributed by atoms with Gasteiger partial charge in [-0.1, -0.05) is 40.2 Å². The fourth-order valence-electron chi connectivity index (χ4n) is 1.81. The first-order chi connectivity index (χ1) is 11.6. The zero-order chi connectivity index (χ0) is 17.4. The molecule has 0 aliphatic heterocycles. The summed E-state index contributed by atoms with van der Waals surface area (Å²) in [6.45, 7) is 0. The molecular formula is C17H14BrN3O3. The van der Waals surface area contributed by atoms with Crippen molar-refractivity contribution in [1.82, 2.24) is 10.9 Å². The van der Waals surface area contributed by atoms with Crippen LogP contribution in [0.1, 0.15) is 21.5 Å². The Labute approximate surface area is 147 Å². The summed E-state index contributed by atoms with van der Waals surface area (Å²) < 4.78 is 0.921. The van der Waals surface area contributed by atoms with Crippen molar-refractivity contribution in [3.05, 3.63) is 75.8 Å². The summed E-state index contributed by atoms with van der Waals surface area (Å²) in [6, 6.07) is 14.1. The van der Waals surface area contributed by atoms with Gasteiger partial charge in [0.15, 0.2) is 0 Å². The molecule has 0 spiro atoms. The number of halogens is 1. The third-order valence-corrected chi connectivity index (χ3v) is 3.41. The molecule has 0 heterocycles. The van der Waals surface area contributed by atoms with Crippen LogP contribution in [0.15, 0.2) is 64.2 Å². The third kappa shape index (κ3) is 5.45. The van der Waals surface area contributed by atoms with E-state index in [0.717, 1.165) is 16.1 Å². The zero-order valence-corrected chi connectivity index (χ0v) is 14.0. The van der Waals surface area contributed by atoms with Gasteiger partial charge in [0.25, 0.3) is 11.8 Å². The third-order valence-electron chi connectivity index (χ3n) is 2.91. The van der Waals surface area contributed by atoms with E-state index in [1.165, 1.54) is 17.8 Å². The maximum atomic E-state index is 12.1. The second kappa shape index (κ2) is 8.76. The lowest BCUT2D eigenvalue weighted by Crippen LogP contribution is -2.17. The summed E-state index contributed by atoms with van der Waals surface area (Å²) in [4.78, 5) is 23.0. The quantitative estimate of drug-likeness (QED) is 0.318. The molecule has 0 radical (unpaired) electrons. The number of nitrogens with one attached hydrogen (secondary N) is 2. The second-order valence-corrected chi connectivity index (χ2v) is 5.60. The van der Waals surface area contributed by atoms with Crippen molar-refractivity contribution in [1.29, 1.82) is 0 Å². The van der Waals surface area contributed by atoms with Crippen LogP contribution in [0, 0.1) is 0 Å². The van der Waals surface area contributed by atoms with Gasteiger partial charge in [-0.15, -0.1) is 0 Å². The number of benzene rings is 2. The SMILES string of the molecule is O=C(C=Cc1cccc(C(=O)NN=Cc2cccc(Br)c2)c1)NO. The van der Waals surface area contributed by atoms with E-state index in [-0.39, 0.29) is 5.91 Å². The molecule has 0 aliphatic carbocycles. The van der Waals surface area contributed by atoms with Gasteiger partial charge in [0.1, 0.15) is 0 Å².